The smallest absolute Gasteiger partial charge is 0.223 e. The molecule has 6 heteroatoms. The standard InChI is InChI=1S/C22H28N4OS/c1-14-24-19(11-20(25-14)21-6-3-9-28-21)18-13-26-8-7-16(18)10-17(26)12-23-22(27)15-4-2-5-15/h3,6,9,11,15-18H,2,4-5,7-8,10,12-13H2,1H3,(H,23,27)/t16-,17+,18-/m0/s1. The molecule has 0 aromatic carbocycles. The first-order chi connectivity index (χ1) is 13.7. The normalized spacial score (nSPS) is 29.5. The van der Waals surface area contributed by atoms with Gasteiger partial charge in [-0.3, -0.25) is 9.69 Å². The van der Waals surface area contributed by atoms with Gasteiger partial charge < -0.3 is 5.32 Å². The quantitative estimate of drug-likeness (QED) is 0.839. The molecule has 1 aliphatic carbocycles. The third-order valence-electron chi connectivity index (χ3n) is 6.88. The maximum atomic E-state index is 12.2. The Balaban J connectivity index is 1.28. The molecule has 28 heavy (non-hydrogen) atoms. The van der Waals surface area contributed by atoms with E-state index in [1.54, 1.807) is 11.3 Å². The minimum Gasteiger partial charge on any atom is -0.354 e. The van der Waals surface area contributed by atoms with Gasteiger partial charge in [-0.25, -0.2) is 9.97 Å². The summed E-state index contributed by atoms with van der Waals surface area (Å²) in [7, 11) is 0. The summed E-state index contributed by atoms with van der Waals surface area (Å²) in [5.74, 6) is 2.55. The molecular formula is C22H28N4OS. The number of rotatable bonds is 5. The Hall–Kier alpha value is -1.79. The van der Waals surface area contributed by atoms with Gasteiger partial charge in [-0.05, 0) is 62.6 Å². The molecule has 1 unspecified atom stereocenters. The first-order valence-electron chi connectivity index (χ1n) is 10.6. The highest BCUT2D eigenvalue weighted by atomic mass is 32.1. The molecular weight excluding hydrogens is 368 g/mol. The van der Waals surface area contributed by atoms with E-state index in [2.05, 4.69) is 38.8 Å². The van der Waals surface area contributed by atoms with Crippen LogP contribution in [0.1, 0.15) is 49.5 Å². The van der Waals surface area contributed by atoms with Gasteiger partial charge in [0, 0.05) is 36.7 Å². The van der Waals surface area contributed by atoms with Crippen molar-refractivity contribution in [1.29, 1.82) is 0 Å². The molecule has 0 spiro atoms. The van der Waals surface area contributed by atoms with Crippen molar-refractivity contribution in [2.45, 2.75) is 51.0 Å². The highest BCUT2D eigenvalue weighted by Crippen LogP contribution is 2.42. The Morgan fingerprint density at radius 1 is 1.32 bits per heavy atom. The van der Waals surface area contributed by atoms with E-state index in [-0.39, 0.29) is 11.8 Å². The van der Waals surface area contributed by atoms with Gasteiger partial charge in [0.15, 0.2) is 0 Å². The van der Waals surface area contributed by atoms with E-state index in [4.69, 9.17) is 4.98 Å². The molecule has 3 saturated heterocycles. The first-order valence-corrected chi connectivity index (χ1v) is 11.5. The van der Waals surface area contributed by atoms with Gasteiger partial charge in [0.05, 0.1) is 10.6 Å². The topological polar surface area (TPSA) is 58.1 Å². The highest BCUT2D eigenvalue weighted by Gasteiger charge is 2.41. The van der Waals surface area contributed by atoms with E-state index < -0.39 is 0 Å². The number of aromatic nitrogens is 2. The number of hydrogen-bond donors (Lipinski definition) is 1. The lowest BCUT2D eigenvalue weighted by molar-refractivity contribution is -0.127. The molecule has 148 valence electrons. The zero-order valence-corrected chi connectivity index (χ0v) is 17.3. The molecule has 4 aliphatic rings. The molecule has 5 nitrogen and oxygen atoms in total. The van der Waals surface area contributed by atoms with Crippen molar-refractivity contribution in [2.24, 2.45) is 11.8 Å². The summed E-state index contributed by atoms with van der Waals surface area (Å²) in [5, 5.41) is 5.33. The van der Waals surface area contributed by atoms with Crippen LogP contribution in [0.3, 0.4) is 0 Å². The fourth-order valence-corrected chi connectivity index (χ4v) is 5.74. The number of thiophene rings is 1. The molecule has 4 atom stereocenters. The molecule has 6 rings (SSSR count). The predicted octanol–water partition coefficient (Wildman–Crippen LogP) is 3.61. The number of fused-ring (bicyclic) bond motifs is 3. The number of carbonyl (C=O) groups excluding carboxylic acids is 1. The number of hydrogen-bond acceptors (Lipinski definition) is 5. The number of nitrogens with zero attached hydrogens (tertiary/aromatic N) is 3. The highest BCUT2D eigenvalue weighted by molar-refractivity contribution is 7.13. The molecule has 2 bridgehead atoms. The zero-order chi connectivity index (χ0) is 19.1. The Bertz CT molecular complexity index is 848. The summed E-state index contributed by atoms with van der Waals surface area (Å²) in [6, 6.07) is 6.90. The van der Waals surface area contributed by atoms with Crippen LogP contribution in [0.2, 0.25) is 0 Å². The van der Waals surface area contributed by atoms with Crippen molar-refractivity contribution in [1.82, 2.24) is 20.2 Å². The summed E-state index contributed by atoms with van der Waals surface area (Å²) in [4.78, 5) is 25.5. The molecule has 0 radical (unpaired) electrons. The number of carbonyl (C=O) groups is 1. The lowest BCUT2D eigenvalue weighted by Crippen LogP contribution is -2.56. The second kappa shape index (κ2) is 7.56. The van der Waals surface area contributed by atoms with Crippen LogP contribution in [0, 0.1) is 18.8 Å². The van der Waals surface area contributed by atoms with Crippen LogP contribution >= 0.6 is 11.3 Å². The fraction of sp³-hybridized carbons (Fsp3) is 0.591. The van der Waals surface area contributed by atoms with Crippen LogP contribution in [-0.2, 0) is 4.79 Å². The number of piperidine rings is 3. The summed E-state index contributed by atoms with van der Waals surface area (Å²) < 4.78 is 0. The summed E-state index contributed by atoms with van der Waals surface area (Å²) >= 11 is 1.73. The van der Waals surface area contributed by atoms with Crippen molar-refractivity contribution in [3.8, 4) is 10.6 Å². The van der Waals surface area contributed by atoms with Crippen LogP contribution < -0.4 is 5.32 Å². The van der Waals surface area contributed by atoms with Crippen molar-refractivity contribution in [3.05, 3.63) is 35.1 Å². The summed E-state index contributed by atoms with van der Waals surface area (Å²) in [5.41, 5.74) is 2.25. The SMILES string of the molecule is Cc1nc(-c2cccs2)cc([C@H]2CN3CC[C@H]2C[C@@H]3CNC(=O)C2CCC2)n1. The van der Waals surface area contributed by atoms with E-state index in [0.29, 0.717) is 17.9 Å². The van der Waals surface area contributed by atoms with Crippen molar-refractivity contribution >= 4 is 17.2 Å². The number of amides is 1. The molecule has 2 aromatic heterocycles. The van der Waals surface area contributed by atoms with E-state index in [1.807, 2.05) is 6.92 Å². The van der Waals surface area contributed by atoms with Crippen LogP contribution in [0.25, 0.3) is 10.6 Å². The Kier molecular flexibility index (Phi) is 4.93. The van der Waals surface area contributed by atoms with Crippen molar-refractivity contribution in [2.75, 3.05) is 19.6 Å². The lowest BCUT2D eigenvalue weighted by atomic mass is 9.74. The van der Waals surface area contributed by atoms with Gasteiger partial charge in [0.1, 0.15) is 5.82 Å². The third-order valence-corrected chi connectivity index (χ3v) is 7.77. The van der Waals surface area contributed by atoms with E-state index in [9.17, 15) is 4.79 Å². The molecule has 4 fully saturated rings. The van der Waals surface area contributed by atoms with Gasteiger partial charge in [-0.15, -0.1) is 11.3 Å². The van der Waals surface area contributed by atoms with Crippen LogP contribution in [0.4, 0.5) is 0 Å². The molecule has 5 heterocycles. The van der Waals surface area contributed by atoms with Gasteiger partial charge in [-0.2, -0.15) is 0 Å². The molecule has 3 aliphatic heterocycles. The van der Waals surface area contributed by atoms with E-state index in [0.717, 1.165) is 50.4 Å². The lowest BCUT2D eigenvalue weighted by Gasteiger charge is -2.50. The molecule has 2 aromatic rings. The Labute approximate surface area is 170 Å². The third kappa shape index (κ3) is 3.48. The van der Waals surface area contributed by atoms with Crippen LogP contribution in [0.15, 0.2) is 23.6 Å². The molecule has 1 N–H and O–H groups in total. The second-order valence-electron chi connectivity index (χ2n) is 8.62. The average Bonchev–Trinajstić information content (AvgIpc) is 3.20. The minimum atomic E-state index is 0.275. The van der Waals surface area contributed by atoms with Crippen molar-refractivity contribution in [3.63, 3.8) is 0 Å². The largest absolute Gasteiger partial charge is 0.354 e. The summed E-state index contributed by atoms with van der Waals surface area (Å²) in [6.07, 6.45) is 5.75. The fourth-order valence-electron chi connectivity index (χ4n) is 5.05. The van der Waals surface area contributed by atoms with Crippen molar-refractivity contribution < 1.29 is 4.79 Å². The maximum absolute atomic E-state index is 12.2. The van der Waals surface area contributed by atoms with Gasteiger partial charge in [-0.1, -0.05) is 12.5 Å². The predicted molar refractivity (Wildman–Crippen MR) is 111 cm³/mol. The second-order valence-corrected chi connectivity index (χ2v) is 9.56. The molecule has 1 amide bonds. The monoisotopic (exact) mass is 396 g/mol. The Morgan fingerprint density at radius 2 is 2.21 bits per heavy atom. The first kappa shape index (κ1) is 18.3. The van der Waals surface area contributed by atoms with Gasteiger partial charge >= 0.3 is 0 Å². The zero-order valence-electron chi connectivity index (χ0n) is 16.4. The van der Waals surface area contributed by atoms with Gasteiger partial charge in [0.2, 0.25) is 5.91 Å². The molecule has 1 saturated carbocycles. The van der Waals surface area contributed by atoms with Crippen LogP contribution in [-0.4, -0.2) is 46.5 Å². The number of aryl methyl sites for hydroxylation is 1. The summed E-state index contributed by atoms with van der Waals surface area (Å²) in [6.45, 7) is 5.00. The number of nitrogens with one attached hydrogen (secondary N) is 1. The maximum Gasteiger partial charge on any atom is 0.223 e. The average molecular weight is 397 g/mol. The van der Waals surface area contributed by atoms with Gasteiger partial charge in [0.25, 0.3) is 0 Å². The van der Waals surface area contributed by atoms with Crippen LogP contribution in [0.5, 0.6) is 0 Å². The Morgan fingerprint density at radius 3 is 2.89 bits per heavy atom. The minimum absolute atomic E-state index is 0.275. The van der Waals surface area contributed by atoms with E-state index in [1.165, 1.54) is 23.4 Å². The van der Waals surface area contributed by atoms with E-state index >= 15 is 0 Å².